The molecule has 0 aliphatic carbocycles. The summed E-state index contributed by atoms with van der Waals surface area (Å²) in [6.07, 6.45) is 4.65. The highest BCUT2D eigenvalue weighted by Crippen LogP contribution is 2.09. The number of nitrogens with one attached hydrogen (secondary N) is 1. The van der Waals surface area contributed by atoms with Crippen LogP contribution in [0.15, 0.2) is 36.4 Å². The molecule has 0 aromatic heterocycles. The van der Waals surface area contributed by atoms with Gasteiger partial charge in [-0.1, -0.05) is 38.5 Å². The van der Waals surface area contributed by atoms with Crippen molar-refractivity contribution in [3.63, 3.8) is 0 Å². The summed E-state index contributed by atoms with van der Waals surface area (Å²) in [4.78, 5) is 13.5. The Morgan fingerprint density at radius 1 is 1.37 bits per heavy atom. The van der Waals surface area contributed by atoms with Gasteiger partial charge in [0.2, 0.25) is 5.91 Å². The number of aryl methyl sites for hydroxylation is 1. The first-order valence-electron chi connectivity index (χ1n) is 6.68. The Bertz CT molecular complexity index is 403. The number of nitrogens with zero attached hydrogens (tertiary/aromatic N) is 1. The largest absolute Gasteiger partial charge is 0.323 e. The molecule has 0 unspecified atom stereocenters. The lowest BCUT2D eigenvalue weighted by atomic mass is 10.2. The molecule has 3 heteroatoms. The van der Waals surface area contributed by atoms with Crippen molar-refractivity contribution in [1.82, 2.24) is 4.90 Å². The Morgan fingerprint density at radius 2 is 2.00 bits per heavy atom. The monoisotopic (exact) mass is 264 g/mol. The molecule has 0 aliphatic rings. The zero-order valence-corrected chi connectivity index (χ0v) is 12.7. The van der Waals surface area contributed by atoms with Gasteiger partial charge >= 0.3 is 0 Å². The van der Waals surface area contributed by atoms with Crippen LogP contribution in [0.25, 0.3) is 0 Å². The van der Waals surface area contributed by atoms with Crippen LogP contribution in [0.2, 0.25) is 0 Å². The first-order chi connectivity index (χ1) is 8.99. The molecule has 0 spiro atoms. The molecule has 19 heavy (non-hydrogen) atoms. The van der Waals surface area contributed by atoms with Crippen molar-refractivity contribution in [1.29, 1.82) is 0 Å². The van der Waals surface area contributed by atoms with Gasteiger partial charge in [0.25, 0.3) is 0 Å². The third-order valence-electron chi connectivity index (χ3n) is 2.03. The SMILES string of the molecule is CCC.Cc1cccc(NC(=O)/C=C/CN(C)C)c1.[HH]. The lowest BCUT2D eigenvalue weighted by Gasteiger charge is -2.05. The molecule has 0 saturated heterocycles. The van der Waals surface area contributed by atoms with Gasteiger partial charge < -0.3 is 10.2 Å². The van der Waals surface area contributed by atoms with Crippen LogP contribution in [-0.2, 0) is 4.79 Å². The summed E-state index contributed by atoms with van der Waals surface area (Å²) in [5, 5.41) is 2.81. The van der Waals surface area contributed by atoms with Crippen molar-refractivity contribution >= 4 is 11.6 Å². The first-order valence-corrected chi connectivity index (χ1v) is 6.68. The fraction of sp³-hybridized carbons (Fsp3) is 0.438. The highest BCUT2D eigenvalue weighted by molar-refractivity contribution is 5.99. The topological polar surface area (TPSA) is 32.3 Å². The number of likely N-dealkylation sites (N-methyl/N-ethyl adjacent to an activating group) is 1. The second-order valence-corrected chi connectivity index (χ2v) is 4.73. The van der Waals surface area contributed by atoms with Crippen LogP contribution >= 0.6 is 0 Å². The second kappa shape index (κ2) is 10.3. The van der Waals surface area contributed by atoms with Crippen molar-refractivity contribution in [3.05, 3.63) is 42.0 Å². The molecule has 1 rings (SSSR count). The normalized spacial score (nSPS) is 10.2. The quantitative estimate of drug-likeness (QED) is 0.841. The molecule has 0 bridgehead atoms. The average Bonchev–Trinajstić information content (AvgIpc) is 2.29. The molecule has 1 aromatic rings. The van der Waals surface area contributed by atoms with E-state index in [0.29, 0.717) is 0 Å². The molecule has 0 saturated carbocycles. The number of carbonyl (C=O) groups excluding carboxylic acids is 1. The summed E-state index contributed by atoms with van der Waals surface area (Å²) in [5.74, 6) is -0.0903. The number of carbonyl (C=O) groups is 1. The number of rotatable bonds is 4. The van der Waals surface area contributed by atoms with Gasteiger partial charge in [-0.25, -0.2) is 0 Å². The van der Waals surface area contributed by atoms with Crippen LogP contribution in [0.1, 0.15) is 27.3 Å². The van der Waals surface area contributed by atoms with E-state index >= 15 is 0 Å². The Morgan fingerprint density at radius 3 is 2.53 bits per heavy atom. The van der Waals surface area contributed by atoms with Gasteiger partial charge in [-0.3, -0.25) is 4.79 Å². The van der Waals surface area contributed by atoms with Crippen molar-refractivity contribution in [2.45, 2.75) is 27.2 Å². The average molecular weight is 264 g/mol. The van der Waals surface area contributed by atoms with E-state index in [-0.39, 0.29) is 7.33 Å². The van der Waals surface area contributed by atoms with E-state index < -0.39 is 0 Å². The van der Waals surface area contributed by atoms with Crippen LogP contribution in [0, 0.1) is 6.92 Å². The smallest absolute Gasteiger partial charge is 0.248 e. The molecular formula is C16H28N2O. The zero-order valence-electron chi connectivity index (χ0n) is 12.7. The van der Waals surface area contributed by atoms with Crippen LogP contribution < -0.4 is 5.32 Å². The van der Waals surface area contributed by atoms with Crippen molar-refractivity contribution < 1.29 is 6.22 Å². The molecule has 1 aromatic carbocycles. The van der Waals surface area contributed by atoms with E-state index in [1.165, 1.54) is 6.42 Å². The molecule has 0 aliphatic heterocycles. The predicted molar refractivity (Wildman–Crippen MR) is 85.6 cm³/mol. The molecule has 0 heterocycles. The summed E-state index contributed by atoms with van der Waals surface area (Å²) >= 11 is 0. The van der Waals surface area contributed by atoms with E-state index in [2.05, 4.69) is 19.2 Å². The maximum atomic E-state index is 11.5. The molecule has 1 amide bonds. The van der Waals surface area contributed by atoms with Crippen LogP contribution in [0.3, 0.4) is 0 Å². The van der Waals surface area contributed by atoms with Crippen LogP contribution in [-0.4, -0.2) is 31.4 Å². The lowest BCUT2D eigenvalue weighted by molar-refractivity contribution is -0.111. The van der Waals surface area contributed by atoms with Crippen molar-refractivity contribution in [2.24, 2.45) is 0 Å². The Hall–Kier alpha value is -1.61. The predicted octanol–water partition coefficient (Wildman–Crippen LogP) is 3.71. The van der Waals surface area contributed by atoms with E-state index in [4.69, 9.17) is 0 Å². The fourth-order valence-corrected chi connectivity index (χ4v) is 1.28. The van der Waals surface area contributed by atoms with E-state index in [0.717, 1.165) is 17.8 Å². The second-order valence-electron chi connectivity index (χ2n) is 4.73. The molecular weight excluding hydrogens is 236 g/mol. The molecule has 0 radical (unpaired) electrons. The zero-order chi connectivity index (χ0) is 14.7. The maximum Gasteiger partial charge on any atom is 0.248 e. The van der Waals surface area contributed by atoms with E-state index in [1.54, 1.807) is 6.08 Å². The third-order valence-corrected chi connectivity index (χ3v) is 2.03. The highest BCUT2D eigenvalue weighted by Gasteiger charge is 1.97. The summed E-state index contributed by atoms with van der Waals surface area (Å²) in [7, 11) is 3.92. The number of hydrogen-bond donors (Lipinski definition) is 1. The Kier molecular flexibility index (Phi) is 9.45. The molecule has 3 nitrogen and oxygen atoms in total. The number of anilines is 1. The number of amides is 1. The minimum Gasteiger partial charge on any atom is -0.323 e. The summed E-state index contributed by atoms with van der Waals surface area (Å²) in [6.45, 7) is 7.01. The third kappa shape index (κ3) is 10.0. The van der Waals surface area contributed by atoms with Gasteiger partial charge in [-0.05, 0) is 38.7 Å². The summed E-state index contributed by atoms with van der Waals surface area (Å²) < 4.78 is 0. The maximum absolute atomic E-state index is 11.5. The Balaban J connectivity index is 0. The molecule has 0 fully saturated rings. The van der Waals surface area contributed by atoms with Gasteiger partial charge in [0, 0.05) is 19.7 Å². The number of hydrogen-bond acceptors (Lipinski definition) is 2. The van der Waals surface area contributed by atoms with Gasteiger partial charge in [-0.2, -0.15) is 0 Å². The summed E-state index contributed by atoms with van der Waals surface area (Å²) in [6, 6.07) is 7.74. The minimum absolute atomic E-state index is 0. The number of benzene rings is 1. The standard InChI is InChI=1S/C13H18N2O.C3H8.H2/c1-11-6-4-7-12(10-11)14-13(16)8-5-9-15(2)3;1-3-2;/h4-8,10H,9H2,1-3H3,(H,14,16);3H2,1-2H3;1H/b8-5+;;. The van der Waals surface area contributed by atoms with Gasteiger partial charge in [-0.15, -0.1) is 0 Å². The van der Waals surface area contributed by atoms with Gasteiger partial charge in [0.15, 0.2) is 0 Å². The van der Waals surface area contributed by atoms with E-state index in [9.17, 15) is 4.79 Å². The first kappa shape index (κ1) is 17.4. The molecule has 108 valence electrons. The highest BCUT2D eigenvalue weighted by atomic mass is 16.1. The lowest BCUT2D eigenvalue weighted by Crippen LogP contribution is -2.12. The Labute approximate surface area is 118 Å². The molecule has 0 atom stereocenters. The molecule has 1 N–H and O–H groups in total. The summed E-state index contributed by atoms with van der Waals surface area (Å²) in [5.41, 5.74) is 1.97. The minimum atomic E-state index is -0.0903. The van der Waals surface area contributed by atoms with Gasteiger partial charge in [0.05, 0.1) is 0 Å². The van der Waals surface area contributed by atoms with Crippen LogP contribution in [0.4, 0.5) is 5.69 Å². The van der Waals surface area contributed by atoms with Crippen molar-refractivity contribution in [2.75, 3.05) is 26.0 Å². The van der Waals surface area contributed by atoms with Crippen LogP contribution in [0.5, 0.6) is 0 Å². The van der Waals surface area contributed by atoms with Crippen molar-refractivity contribution in [3.8, 4) is 0 Å². The fourth-order valence-electron chi connectivity index (χ4n) is 1.28. The van der Waals surface area contributed by atoms with E-state index in [1.807, 2.05) is 56.3 Å². The van der Waals surface area contributed by atoms with Gasteiger partial charge in [0.1, 0.15) is 0 Å².